The van der Waals surface area contributed by atoms with Crippen LogP contribution in [0.2, 0.25) is 0 Å². The number of hydrogen-bond acceptors (Lipinski definition) is 5. The van der Waals surface area contributed by atoms with Gasteiger partial charge in [-0.05, 0) is 29.8 Å². The van der Waals surface area contributed by atoms with Crippen molar-refractivity contribution in [3.8, 4) is 23.2 Å². The van der Waals surface area contributed by atoms with Crippen LogP contribution in [0.3, 0.4) is 0 Å². The maximum Gasteiger partial charge on any atom is 0.244 e. The first-order valence-electron chi connectivity index (χ1n) is 7.61. The highest BCUT2D eigenvalue weighted by molar-refractivity contribution is 5.70. The molecule has 0 aliphatic carbocycles. The fourth-order valence-corrected chi connectivity index (χ4v) is 3.01. The Kier molecular flexibility index (Phi) is 3.62. The van der Waals surface area contributed by atoms with Crippen molar-refractivity contribution in [3.63, 3.8) is 0 Å². The van der Waals surface area contributed by atoms with Crippen LogP contribution in [0, 0.1) is 23.0 Å². The summed E-state index contributed by atoms with van der Waals surface area (Å²) in [7, 11) is 0. The van der Waals surface area contributed by atoms with Crippen molar-refractivity contribution in [1.29, 1.82) is 5.26 Å². The summed E-state index contributed by atoms with van der Waals surface area (Å²) in [6.07, 6.45) is 3.21. The second-order valence-electron chi connectivity index (χ2n) is 5.65. The minimum Gasteiger partial charge on any atom is -0.420 e. The highest BCUT2D eigenvalue weighted by Gasteiger charge is 2.35. The van der Waals surface area contributed by atoms with Gasteiger partial charge in [-0.1, -0.05) is 6.07 Å². The van der Waals surface area contributed by atoms with E-state index in [9.17, 15) is 14.0 Å². The van der Waals surface area contributed by atoms with Crippen molar-refractivity contribution in [2.75, 3.05) is 0 Å². The fraction of sp³-hybridized carbons (Fsp3) is 0.0556. The normalized spacial score (nSPS) is 16.0. The van der Waals surface area contributed by atoms with Gasteiger partial charge in [0.05, 0.1) is 17.2 Å². The lowest BCUT2D eigenvalue weighted by Gasteiger charge is -2.24. The summed E-state index contributed by atoms with van der Waals surface area (Å²) < 4.78 is 32.6. The van der Waals surface area contributed by atoms with Gasteiger partial charge in [0.2, 0.25) is 11.8 Å². The van der Waals surface area contributed by atoms with Crippen LogP contribution < -0.4 is 10.5 Å². The summed E-state index contributed by atoms with van der Waals surface area (Å²) in [4.78, 5) is 3.97. The number of pyridine rings is 1. The first-order valence-corrected chi connectivity index (χ1v) is 7.61. The van der Waals surface area contributed by atoms with Crippen molar-refractivity contribution >= 4 is 0 Å². The van der Waals surface area contributed by atoms with E-state index in [0.29, 0.717) is 16.8 Å². The molecule has 0 amide bonds. The number of benzene rings is 1. The summed E-state index contributed by atoms with van der Waals surface area (Å²) >= 11 is 0. The molecular weight excluding hydrogens is 340 g/mol. The Morgan fingerprint density at radius 1 is 1.15 bits per heavy atom. The number of nitriles is 1. The van der Waals surface area contributed by atoms with Gasteiger partial charge in [0.1, 0.15) is 11.6 Å². The molecule has 0 spiro atoms. The highest BCUT2D eigenvalue weighted by Crippen LogP contribution is 2.45. The van der Waals surface area contributed by atoms with Gasteiger partial charge in [0.25, 0.3) is 0 Å². The molecule has 2 aromatic heterocycles. The third-order valence-corrected chi connectivity index (χ3v) is 4.18. The number of nitrogens with one attached hydrogen (secondary N) is 1. The zero-order chi connectivity index (χ0) is 18.3. The van der Waals surface area contributed by atoms with E-state index in [1.54, 1.807) is 24.5 Å². The number of allylic oxidation sites excluding steroid dienone is 1. The summed E-state index contributed by atoms with van der Waals surface area (Å²) in [5.74, 6) is -2.68. The smallest absolute Gasteiger partial charge is 0.244 e. The van der Waals surface area contributed by atoms with Gasteiger partial charge in [-0.25, -0.2) is 8.78 Å². The Labute approximate surface area is 146 Å². The number of nitrogens with zero attached hydrogens (tertiary/aromatic N) is 3. The lowest BCUT2D eigenvalue weighted by atomic mass is 9.83. The molecule has 3 aromatic rings. The predicted octanol–water partition coefficient (Wildman–Crippen LogP) is 2.97. The van der Waals surface area contributed by atoms with Crippen molar-refractivity contribution in [2.24, 2.45) is 5.73 Å². The highest BCUT2D eigenvalue weighted by atomic mass is 19.2. The zero-order valence-electron chi connectivity index (χ0n) is 13.2. The van der Waals surface area contributed by atoms with Crippen LogP contribution in [0.4, 0.5) is 8.78 Å². The van der Waals surface area contributed by atoms with Crippen molar-refractivity contribution in [3.05, 3.63) is 76.9 Å². The molecule has 0 bridgehead atoms. The Hall–Kier alpha value is -3.73. The van der Waals surface area contributed by atoms with E-state index in [0.717, 1.165) is 17.7 Å². The van der Waals surface area contributed by atoms with Crippen LogP contribution in [-0.4, -0.2) is 15.2 Å². The van der Waals surface area contributed by atoms with Gasteiger partial charge >= 0.3 is 0 Å². The number of ether oxygens (including phenoxy) is 1. The average molecular weight is 351 g/mol. The molecule has 1 aliphatic heterocycles. The van der Waals surface area contributed by atoms with Crippen molar-refractivity contribution < 1.29 is 13.5 Å². The molecule has 1 aromatic carbocycles. The van der Waals surface area contributed by atoms with Gasteiger partial charge < -0.3 is 10.5 Å². The first kappa shape index (κ1) is 15.8. The van der Waals surface area contributed by atoms with Gasteiger partial charge in [-0.2, -0.15) is 5.26 Å². The largest absolute Gasteiger partial charge is 0.420 e. The molecule has 1 unspecified atom stereocenters. The van der Waals surface area contributed by atoms with E-state index in [4.69, 9.17) is 10.5 Å². The molecule has 1 atom stereocenters. The number of aromatic nitrogens is 3. The van der Waals surface area contributed by atoms with E-state index in [2.05, 4.69) is 15.2 Å². The van der Waals surface area contributed by atoms with Crippen LogP contribution in [0.5, 0.6) is 5.88 Å². The van der Waals surface area contributed by atoms with E-state index in [1.807, 2.05) is 6.07 Å². The molecule has 0 saturated heterocycles. The van der Waals surface area contributed by atoms with Crippen LogP contribution in [-0.2, 0) is 0 Å². The molecule has 26 heavy (non-hydrogen) atoms. The van der Waals surface area contributed by atoms with Crippen molar-refractivity contribution in [1.82, 2.24) is 15.2 Å². The van der Waals surface area contributed by atoms with Gasteiger partial charge in [0.15, 0.2) is 11.6 Å². The Balaban J connectivity index is 1.97. The molecule has 128 valence electrons. The van der Waals surface area contributed by atoms with E-state index < -0.39 is 17.6 Å². The van der Waals surface area contributed by atoms with Crippen LogP contribution in [0.1, 0.15) is 17.0 Å². The molecule has 0 saturated carbocycles. The predicted molar refractivity (Wildman–Crippen MR) is 87.5 cm³/mol. The molecular formula is C18H11F2N5O. The monoisotopic (exact) mass is 351 g/mol. The van der Waals surface area contributed by atoms with Crippen molar-refractivity contribution in [2.45, 2.75) is 5.92 Å². The summed E-state index contributed by atoms with van der Waals surface area (Å²) in [5.41, 5.74) is 8.17. The quantitative estimate of drug-likeness (QED) is 0.739. The number of rotatable bonds is 2. The minimum absolute atomic E-state index is 0.0974. The Morgan fingerprint density at radius 2 is 1.92 bits per heavy atom. The topological polar surface area (TPSA) is 101 Å². The van der Waals surface area contributed by atoms with Gasteiger partial charge in [0, 0.05) is 18.0 Å². The third-order valence-electron chi connectivity index (χ3n) is 4.18. The zero-order valence-corrected chi connectivity index (χ0v) is 13.2. The standard InChI is InChI=1S/C18H11F2N5O/c19-12-2-1-10(7-13(12)20)14-11(8-21)17(22)26-18-15(14)16(24-25-18)9-3-5-23-6-4-9/h1-7,14H,22H2,(H,24,25). The average Bonchev–Trinajstić information content (AvgIpc) is 3.07. The van der Waals surface area contributed by atoms with E-state index in [1.165, 1.54) is 6.07 Å². The number of halogens is 2. The minimum atomic E-state index is -1.01. The number of H-pyrrole nitrogens is 1. The first-order chi connectivity index (χ1) is 12.6. The number of fused-ring (bicyclic) bond motifs is 1. The summed E-state index contributed by atoms with van der Waals surface area (Å²) in [6.45, 7) is 0. The van der Waals surface area contributed by atoms with E-state index in [-0.39, 0.29) is 17.3 Å². The summed E-state index contributed by atoms with van der Waals surface area (Å²) in [5, 5.41) is 16.5. The van der Waals surface area contributed by atoms with Crippen LogP contribution in [0.25, 0.3) is 11.3 Å². The third kappa shape index (κ3) is 2.38. The maximum atomic E-state index is 13.8. The van der Waals surface area contributed by atoms with E-state index >= 15 is 0 Å². The Bertz CT molecular complexity index is 1070. The molecule has 0 fully saturated rings. The number of aromatic amines is 1. The van der Waals surface area contributed by atoms with Crippen LogP contribution >= 0.6 is 0 Å². The molecule has 3 heterocycles. The molecule has 1 aliphatic rings. The summed E-state index contributed by atoms with van der Waals surface area (Å²) in [6, 6.07) is 8.98. The fourth-order valence-electron chi connectivity index (χ4n) is 3.01. The Morgan fingerprint density at radius 3 is 2.62 bits per heavy atom. The molecule has 8 heteroatoms. The second kappa shape index (κ2) is 5.97. The lowest BCUT2D eigenvalue weighted by Crippen LogP contribution is -2.21. The SMILES string of the molecule is N#CC1=C(N)Oc2n[nH]c(-c3ccncc3)c2C1c1ccc(F)c(F)c1. The molecule has 6 nitrogen and oxygen atoms in total. The van der Waals surface area contributed by atoms with Gasteiger partial charge in [-0.15, -0.1) is 5.10 Å². The number of hydrogen-bond donors (Lipinski definition) is 2. The molecule has 4 rings (SSSR count). The van der Waals surface area contributed by atoms with Gasteiger partial charge in [-0.3, -0.25) is 10.1 Å². The molecule has 0 radical (unpaired) electrons. The lowest BCUT2D eigenvalue weighted by molar-refractivity contribution is 0.378. The van der Waals surface area contributed by atoms with Crippen LogP contribution in [0.15, 0.2) is 54.2 Å². The maximum absolute atomic E-state index is 13.8. The molecule has 3 N–H and O–H groups in total. The second-order valence-corrected chi connectivity index (χ2v) is 5.65. The number of nitrogens with two attached hydrogens (primary N) is 1.